The quantitative estimate of drug-likeness (QED) is 0.853. The first-order chi connectivity index (χ1) is 7.73. The van der Waals surface area contributed by atoms with Gasteiger partial charge in [-0.3, -0.25) is 0 Å². The Labute approximate surface area is 110 Å². The summed E-state index contributed by atoms with van der Waals surface area (Å²) in [5, 5.41) is 0. The van der Waals surface area contributed by atoms with Crippen LogP contribution in [0.2, 0.25) is 0 Å². The monoisotopic (exact) mass is 301 g/mol. The van der Waals surface area contributed by atoms with Crippen LogP contribution in [0, 0.1) is 0 Å². The Balaban J connectivity index is 2.16. The number of halogens is 1. The van der Waals surface area contributed by atoms with E-state index in [2.05, 4.69) is 15.9 Å². The van der Waals surface area contributed by atoms with Crippen LogP contribution in [0.3, 0.4) is 0 Å². The summed E-state index contributed by atoms with van der Waals surface area (Å²) in [4.78, 5) is 0. The van der Waals surface area contributed by atoms with E-state index in [1.54, 1.807) is 6.07 Å². The molecule has 1 aliphatic rings. The second kappa shape index (κ2) is 4.12. The Hall–Kier alpha value is -0.295. The molecule has 1 atom stereocenters. The van der Waals surface area contributed by atoms with E-state index in [-0.39, 0.29) is 11.2 Å². The molecular formula is C11H17BBrNO3. The normalized spacial score (nSPS) is 24.0. The van der Waals surface area contributed by atoms with Crippen molar-refractivity contribution in [1.82, 2.24) is 0 Å². The Morgan fingerprint density at radius 1 is 1.18 bits per heavy atom. The Morgan fingerprint density at radius 3 is 2.12 bits per heavy atom. The number of furan rings is 1. The van der Waals surface area contributed by atoms with E-state index >= 15 is 0 Å². The molecule has 1 aromatic rings. The highest BCUT2D eigenvalue weighted by atomic mass is 79.9. The van der Waals surface area contributed by atoms with Gasteiger partial charge in [0.05, 0.1) is 17.1 Å². The molecule has 0 aliphatic carbocycles. The van der Waals surface area contributed by atoms with E-state index in [0.717, 1.165) is 0 Å². The van der Waals surface area contributed by atoms with Crippen molar-refractivity contribution in [2.24, 2.45) is 5.73 Å². The number of hydrogen-bond donors (Lipinski definition) is 1. The molecule has 0 aromatic carbocycles. The molecule has 0 saturated carbocycles. The Kier molecular flexibility index (Phi) is 3.19. The molecule has 1 fully saturated rings. The third kappa shape index (κ3) is 2.31. The second-order valence-corrected chi connectivity index (χ2v) is 6.07. The number of nitrogens with two attached hydrogens (primary N) is 1. The van der Waals surface area contributed by atoms with Gasteiger partial charge in [-0.05, 0) is 55.8 Å². The molecular weight excluding hydrogens is 285 g/mol. The minimum atomic E-state index is -0.488. The Bertz CT molecular complexity index is 403. The highest BCUT2D eigenvalue weighted by Gasteiger charge is 2.53. The third-order valence-corrected chi connectivity index (χ3v) is 3.91. The van der Waals surface area contributed by atoms with Crippen LogP contribution in [0.15, 0.2) is 21.2 Å². The van der Waals surface area contributed by atoms with Crippen LogP contribution >= 0.6 is 15.9 Å². The van der Waals surface area contributed by atoms with Crippen LogP contribution in [0.1, 0.15) is 39.4 Å². The molecule has 1 aromatic heterocycles. The van der Waals surface area contributed by atoms with Gasteiger partial charge in [0.25, 0.3) is 0 Å². The van der Waals surface area contributed by atoms with Crippen molar-refractivity contribution >= 4 is 23.0 Å². The molecule has 0 unspecified atom stereocenters. The van der Waals surface area contributed by atoms with Crippen LogP contribution in [0.5, 0.6) is 0 Å². The van der Waals surface area contributed by atoms with Crippen molar-refractivity contribution in [2.75, 3.05) is 0 Å². The van der Waals surface area contributed by atoms with Gasteiger partial charge in [0, 0.05) is 0 Å². The van der Waals surface area contributed by atoms with E-state index in [1.807, 2.05) is 33.8 Å². The number of rotatable bonds is 2. The molecule has 2 N–H and O–H groups in total. The fraction of sp³-hybridized carbons (Fsp3) is 0.636. The number of hydrogen-bond acceptors (Lipinski definition) is 4. The average molecular weight is 302 g/mol. The van der Waals surface area contributed by atoms with Gasteiger partial charge in [-0.25, -0.2) is 0 Å². The van der Waals surface area contributed by atoms with Crippen LogP contribution in [-0.4, -0.2) is 18.3 Å². The van der Waals surface area contributed by atoms with Crippen molar-refractivity contribution in [1.29, 1.82) is 0 Å². The van der Waals surface area contributed by atoms with Gasteiger partial charge >= 0.3 is 7.12 Å². The maximum Gasteiger partial charge on any atom is 0.483 e. The zero-order valence-electron chi connectivity index (χ0n) is 10.5. The predicted octanol–water partition coefficient (Wildman–Crippen LogP) is 2.67. The first-order valence-corrected chi connectivity index (χ1v) is 6.39. The van der Waals surface area contributed by atoms with E-state index in [1.165, 1.54) is 0 Å². The first kappa shape index (κ1) is 13.1. The zero-order chi connectivity index (χ0) is 12.8. The molecule has 1 aliphatic heterocycles. The molecule has 1 saturated heterocycles. The van der Waals surface area contributed by atoms with E-state index in [4.69, 9.17) is 19.5 Å². The lowest BCUT2D eigenvalue weighted by Crippen LogP contribution is -2.41. The lowest BCUT2D eigenvalue weighted by molar-refractivity contribution is 0.00578. The summed E-state index contributed by atoms with van der Waals surface area (Å²) in [5.74, 6) is 0.220. The average Bonchev–Trinajstić information content (AvgIpc) is 2.69. The second-order valence-electron chi connectivity index (χ2n) is 5.29. The van der Waals surface area contributed by atoms with Crippen molar-refractivity contribution in [3.8, 4) is 0 Å². The summed E-state index contributed by atoms with van der Waals surface area (Å²) < 4.78 is 17.8. The fourth-order valence-electron chi connectivity index (χ4n) is 1.68. The van der Waals surface area contributed by atoms with E-state index < -0.39 is 13.1 Å². The molecule has 0 radical (unpaired) electrons. The molecule has 17 heavy (non-hydrogen) atoms. The van der Waals surface area contributed by atoms with Crippen molar-refractivity contribution < 1.29 is 13.7 Å². The summed E-state index contributed by atoms with van der Waals surface area (Å²) in [6.07, 6.45) is 0. The van der Waals surface area contributed by atoms with E-state index in [0.29, 0.717) is 10.4 Å². The SMILES string of the molecule is CC1(C)OB([C@H](N)c2ccc(Br)o2)OC1(C)C. The van der Waals surface area contributed by atoms with Crippen molar-refractivity contribution in [2.45, 2.75) is 44.8 Å². The molecule has 4 nitrogen and oxygen atoms in total. The van der Waals surface area contributed by atoms with Crippen LogP contribution in [-0.2, 0) is 9.31 Å². The third-order valence-electron chi connectivity index (χ3n) is 3.49. The van der Waals surface area contributed by atoms with Gasteiger partial charge in [-0.1, -0.05) is 0 Å². The topological polar surface area (TPSA) is 57.6 Å². The highest BCUT2D eigenvalue weighted by molar-refractivity contribution is 9.10. The molecule has 2 heterocycles. The fourth-order valence-corrected chi connectivity index (χ4v) is 2.00. The summed E-state index contributed by atoms with van der Waals surface area (Å²) in [7, 11) is -0.488. The van der Waals surface area contributed by atoms with Gasteiger partial charge in [0.2, 0.25) is 0 Å². The minimum absolute atomic E-state index is 0.376. The van der Waals surface area contributed by atoms with Crippen LogP contribution in [0.4, 0.5) is 0 Å². The maximum absolute atomic E-state index is 6.09. The summed E-state index contributed by atoms with van der Waals surface area (Å²) in [5.41, 5.74) is 5.34. The van der Waals surface area contributed by atoms with Gasteiger partial charge in [0.1, 0.15) is 5.76 Å². The Morgan fingerprint density at radius 2 is 1.71 bits per heavy atom. The van der Waals surface area contributed by atoms with Crippen LogP contribution < -0.4 is 5.73 Å². The maximum atomic E-state index is 6.09. The van der Waals surface area contributed by atoms with Gasteiger partial charge < -0.3 is 19.5 Å². The molecule has 0 spiro atoms. The smallest absolute Gasteiger partial charge is 0.453 e. The van der Waals surface area contributed by atoms with Crippen molar-refractivity contribution in [3.05, 3.63) is 22.6 Å². The van der Waals surface area contributed by atoms with Gasteiger partial charge in [0.15, 0.2) is 4.67 Å². The van der Waals surface area contributed by atoms with Gasteiger partial charge in [-0.15, -0.1) is 0 Å². The zero-order valence-corrected chi connectivity index (χ0v) is 12.1. The lowest BCUT2D eigenvalue weighted by atomic mass is 9.77. The first-order valence-electron chi connectivity index (χ1n) is 5.59. The van der Waals surface area contributed by atoms with E-state index in [9.17, 15) is 0 Å². The largest absolute Gasteiger partial charge is 0.483 e. The van der Waals surface area contributed by atoms with Crippen molar-refractivity contribution in [3.63, 3.8) is 0 Å². The summed E-state index contributed by atoms with van der Waals surface area (Å²) in [6, 6.07) is 3.63. The molecule has 6 heteroatoms. The highest BCUT2D eigenvalue weighted by Crippen LogP contribution is 2.39. The summed E-state index contributed by atoms with van der Waals surface area (Å²) in [6.45, 7) is 7.99. The summed E-state index contributed by atoms with van der Waals surface area (Å²) >= 11 is 3.25. The predicted molar refractivity (Wildman–Crippen MR) is 69.4 cm³/mol. The molecule has 94 valence electrons. The molecule has 0 amide bonds. The van der Waals surface area contributed by atoms with Gasteiger partial charge in [-0.2, -0.15) is 0 Å². The van der Waals surface area contributed by atoms with Crippen LogP contribution in [0.25, 0.3) is 0 Å². The lowest BCUT2D eigenvalue weighted by Gasteiger charge is -2.32. The molecule has 2 rings (SSSR count). The molecule has 0 bridgehead atoms. The standard InChI is InChI=1S/C11H17BBrNO3/c1-10(2)11(3,4)17-12(16-10)9(14)7-5-6-8(13)15-7/h5-6,9H,14H2,1-4H3/t9-/m1/s1. The minimum Gasteiger partial charge on any atom is -0.453 e.